The molecule has 0 aliphatic carbocycles. The van der Waals surface area contributed by atoms with Gasteiger partial charge < -0.3 is 0 Å². The molecule has 96 valence electrons. The Bertz CT molecular complexity index is 657. The SMILES string of the molecule is Cc1cc(C)c2c(c1C)C=[N+](c1ccccc1)CS2. The Hall–Kier alpha value is -1.54. The molecule has 2 aromatic rings. The van der Waals surface area contributed by atoms with Crippen LogP contribution in [0.2, 0.25) is 0 Å². The summed E-state index contributed by atoms with van der Waals surface area (Å²) in [7, 11) is 0. The summed E-state index contributed by atoms with van der Waals surface area (Å²) in [6.45, 7) is 6.63. The van der Waals surface area contributed by atoms with Crippen molar-refractivity contribution in [2.24, 2.45) is 0 Å². The molecule has 0 bridgehead atoms. The fourth-order valence-corrected chi connectivity index (χ4v) is 3.68. The van der Waals surface area contributed by atoms with Gasteiger partial charge in [0.15, 0.2) is 12.1 Å². The summed E-state index contributed by atoms with van der Waals surface area (Å²) in [4.78, 5) is 1.44. The van der Waals surface area contributed by atoms with Gasteiger partial charge in [-0.05, 0) is 37.5 Å². The first kappa shape index (κ1) is 12.5. The first-order valence-electron chi connectivity index (χ1n) is 6.57. The van der Waals surface area contributed by atoms with Crippen molar-refractivity contribution >= 4 is 23.7 Å². The molecular weight excluding hydrogens is 250 g/mol. The van der Waals surface area contributed by atoms with Crippen LogP contribution in [0.5, 0.6) is 0 Å². The standard InChI is InChI=1S/C17H18NS/c1-12-9-13(2)17-16(14(12)3)10-18(11-19-17)15-7-5-4-6-8-15/h4-10H,11H2,1-3H3/q+1. The molecule has 0 aromatic heterocycles. The summed E-state index contributed by atoms with van der Waals surface area (Å²) < 4.78 is 2.33. The molecular formula is C17H18NS+. The Balaban J connectivity index is 2.15. The van der Waals surface area contributed by atoms with Gasteiger partial charge in [-0.3, -0.25) is 0 Å². The number of benzene rings is 2. The predicted octanol–water partition coefficient (Wildman–Crippen LogP) is 4.44. The number of thioether (sulfide) groups is 1. The minimum absolute atomic E-state index is 0.986. The van der Waals surface area contributed by atoms with Crippen molar-refractivity contribution in [1.82, 2.24) is 0 Å². The summed E-state index contributed by atoms with van der Waals surface area (Å²) >= 11 is 1.94. The Morgan fingerprint density at radius 1 is 1.00 bits per heavy atom. The van der Waals surface area contributed by atoms with Gasteiger partial charge in [0, 0.05) is 17.0 Å². The summed E-state index contributed by atoms with van der Waals surface area (Å²) in [6, 6.07) is 12.9. The molecule has 3 rings (SSSR count). The molecule has 2 heteroatoms. The smallest absolute Gasteiger partial charge is 0.188 e. The Kier molecular flexibility index (Phi) is 3.19. The fourth-order valence-electron chi connectivity index (χ4n) is 2.54. The molecule has 2 aromatic carbocycles. The van der Waals surface area contributed by atoms with Crippen molar-refractivity contribution in [3.8, 4) is 0 Å². The van der Waals surface area contributed by atoms with Crippen molar-refractivity contribution in [3.63, 3.8) is 0 Å². The Morgan fingerprint density at radius 3 is 2.47 bits per heavy atom. The molecule has 0 fully saturated rings. The first-order chi connectivity index (χ1) is 9.16. The van der Waals surface area contributed by atoms with E-state index in [0.29, 0.717) is 0 Å². The second kappa shape index (κ2) is 4.86. The molecule has 0 radical (unpaired) electrons. The highest BCUT2D eigenvalue weighted by molar-refractivity contribution is 7.99. The molecule has 1 nitrogen and oxygen atoms in total. The van der Waals surface area contributed by atoms with Crippen molar-refractivity contribution in [2.75, 3.05) is 5.88 Å². The lowest BCUT2D eigenvalue weighted by molar-refractivity contribution is -0.411. The molecule has 1 aliphatic heterocycles. The van der Waals surface area contributed by atoms with Crippen LogP contribution in [0.3, 0.4) is 0 Å². The third kappa shape index (κ3) is 2.21. The van der Waals surface area contributed by atoms with E-state index < -0.39 is 0 Å². The highest BCUT2D eigenvalue weighted by Crippen LogP contribution is 2.34. The van der Waals surface area contributed by atoms with Gasteiger partial charge in [-0.2, -0.15) is 4.58 Å². The van der Waals surface area contributed by atoms with Gasteiger partial charge in [0.05, 0.1) is 5.56 Å². The molecule has 0 amide bonds. The van der Waals surface area contributed by atoms with E-state index in [0.717, 1.165) is 5.88 Å². The van der Waals surface area contributed by atoms with Crippen LogP contribution < -0.4 is 0 Å². The number of nitrogens with zero attached hydrogens (tertiary/aromatic N) is 1. The normalized spacial score (nSPS) is 13.9. The molecule has 1 heterocycles. The van der Waals surface area contributed by atoms with E-state index in [2.05, 4.69) is 68.0 Å². The summed E-state index contributed by atoms with van der Waals surface area (Å²) in [5.74, 6) is 0.986. The van der Waals surface area contributed by atoms with Gasteiger partial charge in [-0.15, -0.1) is 0 Å². The number of aryl methyl sites for hydroxylation is 2. The van der Waals surface area contributed by atoms with Gasteiger partial charge >= 0.3 is 0 Å². The summed E-state index contributed by atoms with van der Waals surface area (Å²) in [5, 5.41) is 0. The highest BCUT2D eigenvalue weighted by Gasteiger charge is 2.22. The second-order valence-corrected chi connectivity index (χ2v) is 6.04. The minimum atomic E-state index is 0.986. The number of fused-ring (bicyclic) bond motifs is 1. The number of rotatable bonds is 1. The average molecular weight is 268 g/mol. The van der Waals surface area contributed by atoms with Crippen LogP contribution in [0, 0.1) is 20.8 Å². The van der Waals surface area contributed by atoms with Crippen LogP contribution in [0.1, 0.15) is 22.3 Å². The molecule has 0 N–H and O–H groups in total. The second-order valence-electron chi connectivity index (χ2n) is 5.09. The molecule has 1 aliphatic rings. The van der Waals surface area contributed by atoms with Crippen LogP contribution in [0.15, 0.2) is 41.3 Å². The van der Waals surface area contributed by atoms with E-state index >= 15 is 0 Å². The van der Waals surface area contributed by atoms with Crippen molar-refractivity contribution in [3.05, 3.63) is 58.7 Å². The van der Waals surface area contributed by atoms with E-state index in [9.17, 15) is 0 Å². The molecule has 0 saturated carbocycles. The van der Waals surface area contributed by atoms with E-state index in [1.807, 2.05) is 11.8 Å². The van der Waals surface area contributed by atoms with Crippen LogP contribution in [0.25, 0.3) is 0 Å². The maximum Gasteiger partial charge on any atom is 0.205 e. The van der Waals surface area contributed by atoms with E-state index in [4.69, 9.17) is 0 Å². The number of hydrogen-bond donors (Lipinski definition) is 0. The fraction of sp³-hybridized carbons (Fsp3) is 0.235. The molecule has 0 atom stereocenters. The third-order valence-corrected chi connectivity index (χ3v) is 4.99. The van der Waals surface area contributed by atoms with Crippen molar-refractivity contribution in [2.45, 2.75) is 25.7 Å². The van der Waals surface area contributed by atoms with Gasteiger partial charge in [0.2, 0.25) is 5.69 Å². The third-order valence-electron chi connectivity index (χ3n) is 3.75. The zero-order valence-corrected chi connectivity index (χ0v) is 12.4. The van der Waals surface area contributed by atoms with Gasteiger partial charge in [0.1, 0.15) is 0 Å². The van der Waals surface area contributed by atoms with Gasteiger partial charge in [-0.25, -0.2) is 0 Å². The maximum atomic E-state index is 2.33. The monoisotopic (exact) mass is 268 g/mol. The van der Waals surface area contributed by atoms with E-state index in [-0.39, 0.29) is 0 Å². The molecule has 0 saturated heterocycles. The lowest BCUT2D eigenvalue weighted by Gasteiger charge is -2.17. The predicted molar refractivity (Wildman–Crippen MR) is 82.9 cm³/mol. The molecule has 0 unspecified atom stereocenters. The Morgan fingerprint density at radius 2 is 1.74 bits per heavy atom. The van der Waals surface area contributed by atoms with E-state index in [1.54, 1.807) is 0 Å². The van der Waals surface area contributed by atoms with Crippen LogP contribution in [-0.4, -0.2) is 16.7 Å². The lowest BCUT2D eigenvalue weighted by Crippen LogP contribution is -2.15. The van der Waals surface area contributed by atoms with E-state index in [1.165, 1.54) is 32.8 Å². The summed E-state index contributed by atoms with van der Waals surface area (Å²) in [6.07, 6.45) is 2.30. The topological polar surface area (TPSA) is 3.01 Å². The van der Waals surface area contributed by atoms with Crippen molar-refractivity contribution < 1.29 is 4.58 Å². The zero-order valence-electron chi connectivity index (χ0n) is 11.6. The van der Waals surface area contributed by atoms with Crippen LogP contribution in [-0.2, 0) is 0 Å². The highest BCUT2D eigenvalue weighted by atomic mass is 32.2. The summed E-state index contributed by atoms with van der Waals surface area (Å²) in [5.41, 5.74) is 6.82. The first-order valence-corrected chi connectivity index (χ1v) is 7.55. The maximum absolute atomic E-state index is 2.33. The van der Waals surface area contributed by atoms with Crippen molar-refractivity contribution in [1.29, 1.82) is 0 Å². The lowest BCUT2D eigenvalue weighted by atomic mass is 10.0. The number of para-hydroxylation sites is 1. The molecule has 19 heavy (non-hydrogen) atoms. The van der Waals surface area contributed by atoms with Gasteiger partial charge in [0.25, 0.3) is 0 Å². The molecule has 0 spiro atoms. The minimum Gasteiger partial charge on any atom is -0.188 e. The average Bonchev–Trinajstić information content (AvgIpc) is 2.45. The number of hydrogen-bond acceptors (Lipinski definition) is 1. The van der Waals surface area contributed by atoms with Crippen LogP contribution >= 0.6 is 11.8 Å². The zero-order chi connectivity index (χ0) is 13.4. The van der Waals surface area contributed by atoms with Crippen LogP contribution in [0.4, 0.5) is 5.69 Å². The van der Waals surface area contributed by atoms with Gasteiger partial charge in [-0.1, -0.05) is 36.0 Å². The Labute approximate surface area is 119 Å². The quantitative estimate of drug-likeness (QED) is 0.691. The largest absolute Gasteiger partial charge is 0.205 e.